The quantitative estimate of drug-likeness (QED) is 0.873. The molecule has 0 radical (unpaired) electrons. The van der Waals surface area contributed by atoms with Gasteiger partial charge >= 0.3 is 0 Å². The minimum absolute atomic E-state index is 0.0391. The number of amides is 1. The molecular weight excluding hydrogens is 314 g/mol. The third-order valence-corrected chi connectivity index (χ3v) is 4.71. The van der Waals surface area contributed by atoms with Crippen LogP contribution in [0.15, 0.2) is 34.7 Å². The Morgan fingerprint density at radius 3 is 3.13 bits per heavy atom. The van der Waals surface area contributed by atoms with Gasteiger partial charge < -0.3 is 10.2 Å². The summed E-state index contributed by atoms with van der Waals surface area (Å²) in [5, 5.41) is 9.82. The number of nitrogens with zero attached hydrogens (tertiary/aromatic N) is 4. The molecule has 1 saturated heterocycles. The summed E-state index contributed by atoms with van der Waals surface area (Å²) in [6.07, 6.45) is 5.50. The Bertz CT molecular complexity index is 700. The van der Waals surface area contributed by atoms with E-state index in [1.807, 2.05) is 11.6 Å². The average Bonchev–Trinajstić information content (AvgIpc) is 3.10. The van der Waals surface area contributed by atoms with Crippen molar-refractivity contribution in [2.75, 3.05) is 24.5 Å². The zero-order valence-corrected chi connectivity index (χ0v) is 13.5. The lowest BCUT2D eigenvalue weighted by molar-refractivity contribution is -0.122. The second-order valence-corrected chi connectivity index (χ2v) is 6.47. The highest BCUT2D eigenvalue weighted by Crippen LogP contribution is 2.24. The lowest BCUT2D eigenvalue weighted by Crippen LogP contribution is -2.42. The van der Waals surface area contributed by atoms with Gasteiger partial charge in [-0.25, -0.2) is 9.67 Å². The molecule has 8 heteroatoms. The van der Waals surface area contributed by atoms with Crippen LogP contribution in [0.25, 0.3) is 0 Å². The maximum absolute atomic E-state index is 12.0. The standard InChI is InChI=1S/C15H19N5O2S/c21-13(11-20-14(22)4-1-5-18-20)17-9-12-3-2-7-19(10-12)15-16-6-8-23-15/h1,4-6,8,12H,2-3,7,9-11H2,(H,17,21). The minimum Gasteiger partial charge on any atom is -0.354 e. The molecule has 1 N–H and O–H groups in total. The molecule has 0 spiro atoms. The van der Waals surface area contributed by atoms with Crippen molar-refractivity contribution in [3.05, 3.63) is 40.3 Å². The summed E-state index contributed by atoms with van der Waals surface area (Å²) in [7, 11) is 0. The van der Waals surface area contributed by atoms with Crippen LogP contribution in [-0.4, -0.2) is 40.3 Å². The summed E-state index contributed by atoms with van der Waals surface area (Å²) in [6.45, 7) is 2.49. The number of thiazole rings is 1. The SMILES string of the molecule is O=C(Cn1ncccc1=O)NCC1CCCN(c2nccs2)C1. The smallest absolute Gasteiger partial charge is 0.267 e. The third kappa shape index (κ3) is 4.16. The van der Waals surface area contributed by atoms with Gasteiger partial charge in [0.15, 0.2) is 5.13 Å². The van der Waals surface area contributed by atoms with E-state index in [4.69, 9.17) is 0 Å². The van der Waals surface area contributed by atoms with E-state index >= 15 is 0 Å². The molecule has 2 aromatic rings. The van der Waals surface area contributed by atoms with Gasteiger partial charge in [-0.1, -0.05) is 0 Å². The van der Waals surface area contributed by atoms with Crippen LogP contribution in [0.5, 0.6) is 0 Å². The van der Waals surface area contributed by atoms with Crippen LogP contribution in [-0.2, 0) is 11.3 Å². The Labute approximate surface area is 138 Å². The Hall–Kier alpha value is -2.22. The summed E-state index contributed by atoms with van der Waals surface area (Å²) in [5.41, 5.74) is -0.268. The van der Waals surface area contributed by atoms with Crippen molar-refractivity contribution in [3.8, 4) is 0 Å². The molecule has 1 atom stereocenters. The van der Waals surface area contributed by atoms with E-state index in [0.717, 1.165) is 35.7 Å². The lowest BCUT2D eigenvalue weighted by atomic mass is 9.98. The molecule has 1 aliphatic rings. The van der Waals surface area contributed by atoms with Crippen LogP contribution in [0.1, 0.15) is 12.8 Å². The fraction of sp³-hybridized carbons (Fsp3) is 0.467. The average molecular weight is 333 g/mol. The number of piperidine rings is 1. The van der Waals surface area contributed by atoms with E-state index in [1.54, 1.807) is 17.4 Å². The molecule has 0 aromatic carbocycles. The van der Waals surface area contributed by atoms with Gasteiger partial charge in [-0.05, 0) is 24.8 Å². The van der Waals surface area contributed by atoms with E-state index in [-0.39, 0.29) is 18.0 Å². The summed E-state index contributed by atoms with van der Waals surface area (Å²) in [4.78, 5) is 30.1. The Balaban J connectivity index is 1.49. The first-order valence-electron chi connectivity index (χ1n) is 7.65. The van der Waals surface area contributed by atoms with Crippen LogP contribution in [0.2, 0.25) is 0 Å². The van der Waals surface area contributed by atoms with Crippen LogP contribution in [0.4, 0.5) is 5.13 Å². The second kappa shape index (κ2) is 7.36. The monoisotopic (exact) mass is 333 g/mol. The molecule has 122 valence electrons. The molecule has 1 amide bonds. The topological polar surface area (TPSA) is 80.1 Å². The highest BCUT2D eigenvalue weighted by molar-refractivity contribution is 7.13. The van der Waals surface area contributed by atoms with E-state index in [1.165, 1.54) is 12.3 Å². The Morgan fingerprint density at radius 1 is 1.43 bits per heavy atom. The molecule has 7 nitrogen and oxygen atoms in total. The second-order valence-electron chi connectivity index (χ2n) is 5.59. The van der Waals surface area contributed by atoms with Gasteiger partial charge in [0.2, 0.25) is 5.91 Å². The van der Waals surface area contributed by atoms with E-state index in [0.29, 0.717) is 12.5 Å². The molecule has 2 aromatic heterocycles. The number of carbonyl (C=O) groups is 1. The molecule has 0 saturated carbocycles. The van der Waals surface area contributed by atoms with E-state index in [2.05, 4.69) is 20.3 Å². The summed E-state index contributed by atoms with van der Waals surface area (Å²) < 4.78 is 1.16. The summed E-state index contributed by atoms with van der Waals surface area (Å²) in [5.74, 6) is 0.217. The van der Waals surface area contributed by atoms with Gasteiger partial charge in [0.1, 0.15) is 6.54 Å². The molecule has 3 heterocycles. The first-order valence-corrected chi connectivity index (χ1v) is 8.53. The molecule has 23 heavy (non-hydrogen) atoms. The van der Waals surface area contributed by atoms with Gasteiger partial charge in [-0.2, -0.15) is 5.10 Å². The number of nitrogens with one attached hydrogen (secondary N) is 1. The van der Waals surface area contributed by atoms with Gasteiger partial charge in [-0.3, -0.25) is 9.59 Å². The first kappa shape index (κ1) is 15.7. The van der Waals surface area contributed by atoms with Gasteiger partial charge in [0.25, 0.3) is 5.56 Å². The number of hydrogen-bond donors (Lipinski definition) is 1. The van der Waals surface area contributed by atoms with Crippen molar-refractivity contribution in [1.82, 2.24) is 20.1 Å². The van der Waals surface area contributed by atoms with Crippen molar-refractivity contribution in [1.29, 1.82) is 0 Å². The largest absolute Gasteiger partial charge is 0.354 e. The van der Waals surface area contributed by atoms with E-state index < -0.39 is 0 Å². The fourth-order valence-electron chi connectivity index (χ4n) is 2.73. The minimum atomic E-state index is -0.268. The molecule has 1 unspecified atom stereocenters. The number of carbonyl (C=O) groups excluding carboxylic acids is 1. The molecule has 1 aliphatic heterocycles. The highest BCUT2D eigenvalue weighted by atomic mass is 32.1. The predicted molar refractivity (Wildman–Crippen MR) is 88.6 cm³/mol. The zero-order valence-electron chi connectivity index (χ0n) is 12.7. The third-order valence-electron chi connectivity index (χ3n) is 3.88. The number of rotatable bonds is 5. The molecule has 3 rings (SSSR count). The fourth-order valence-corrected chi connectivity index (χ4v) is 3.41. The molecular formula is C15H19N5O2S. The molecule has 0 aliphatic carbocycles. The van der Waals surface area contributed by atoms with E-state index in [9.17, 15) is 9.59 Å². The number of anilines is 1. The first-order chi connectivity index (χ1) is 11.2. The van der Waals surface area contributed by atoms with Crippen molar-refractivity contribution in [3.63, 3.8) is 0 Å². The molecule has 0 bridgehead atoms. The van der Waals surface area contributed by atoms with Crippen LogP contribution < -0.4 is 15.8 Å². The Kier molecular flexibility index (Phi) is 5.02. The number of hydrogen-bond acceptors (Lipinski definition) is 6. The van der Waals surface area contributed by atoms with Crippen LogP contribution in [0, 0.1) is 5.92 Å². The predicted octanol–water partition coefficient (Wildman–Crippen LogP) is 0.733. The van der Waals surface area contributed by atoms with Crippen molar-refractivity contribution in [2.45, 2.75) is 19.4 Å². The van der Waals surface area contributed by atoms with Crippen LogP contribution in [0.3, 0.4) is 0 Å². The van der Waals surface area contributed by atoms with Gasteiger partial charge in [-0.15, -0.1) is 11.3 Å². The zero-order chi connectivity index (χ0) is 16.1. The van der Waals surface area contributed by atoms with Gasteiger partial charge in [0, 0.05) is 43.5 Å². The highest BCUT2D eigenvalue weighted by Gasteiger charge is 2.22. The normalized spacial score (nSPS) is 17.9. The van der Waals surface area contributed by atoms with Crippen molar-refractivity contribution < 1.29 is 4.79 Å². The van der Waals surface area contributed by atoms with Gasteiger partial charge in [0.05, 0.1) is 0 Å². The Morgan fingerprint density at radius 2 is 2.35 bits per heavy atom. The summed E-state index contributed by atoms with van der Waals surface area (Å²) >= 11 is 1.64. The van der Waals surface area contributed by atoms with Crippen molar-refractivity contribution >= 4 is 22.4 Å². The lowest BCUT2D eigenvalue weighted by Gasteiger charge is -2.32. The maximum atomic E-state index is 12.0. The van der Waals surface area contributed by atoms with Crippen LogP contribution >= 0.6 is 11.3 Å². The number of aromatic nitrogens is 3. The maximum Gasteiger partial charge on any atom is 0.267 e. The molecule has 1 fully saturated rings. The van der Waals surface area contributed by atoms with Crippen molar-refractivity contribution in [2.24, 2.45) is 5.92 Å². The summed E-state index contributed by atoms with van der Waals surface area (Å²) in [6, 6.07) is 2.96.